The molecule has 2 unspecified atom stereocenters. The molecule has 84 valence electrons. The largest absolute Gasteiger partial charge is 0.220 e. The van der Waals surface area contributed by atoms with Crippen molar-refractivity contribution < 1.29 is 4.52 Å². The van der Waals surface area contributed by atoms with Crippen LogP contribution < -0.4 is 0 Å². The first-order valence-corrected chi connectivity index (χ1v) is 10.2. The highest BCUT2D eigenvalue weighted by atomic mass is 32.7. The van der Waals surface area contributed by atoms with Crippen LogP contribution in [0.1, 0.15) is 32.6 Å². The molecule has 4 heteroatoms. The van der Waals surface area contributed by atoms with Crippen LogP contribution in [0.3, 0.4) is 0 Å². The summed E-state index contributed by atoms with van der Waals surface area (Å²) in [4.78, 5) is 0. The predicted octanol–water partition coefficient (Wildman–Crippen LogP) is 4.10. The summed E-state index contributed by atoms with van der Waals surface area (Å²) in [6.45, 7) is 5.11. The smallest absolute Gasteiger partial charge is 0.195 e. The van der Waals surface area contributed by atoms with E-state index < -0.39 is 6.69 Å². The molecule has 2 atom stereocenters. The third kappa shape index (κ3) is 3.59. The fraction of sp³-hybridized carbons (Fsp3) is 1.00. The van der Waals surface area contributed by atoms with E-state index in [-0.39, 0.29) is 5.60 Å². The third-order valence-corrected chi connectivity index (χ3v) is 5.20. The molecule has 1 aliphatic rings. The minimum atomic E-state index is -1.42. The average molecular weight is 253 g/mol. The van der Waals surface area contributed by atoms with E-state index in [9.17, 15) is 0 Å². The lowest BCUT2D eigenvalue weighted by Gasteiger charge is -2.39. The summed E-state index contributed by atoms with van der Waals surface area (Å²) in [6, 6.07) is 0. The van der Waals surface area contributed by atoms with E-state index in [0.29, 0.717) is 5.25 Å². The minimum absolute atomic E-state index is 0.0662. The molecule has 1 nitrogen and oxygen atoms in total. The summed E-state index contributed by atoms with van der Waals surface area (Å²) in [7, 11) is 0. The van der Waals surface area contributed by atoms with Crippen molar-refractivity contribution in [3.8, 4) is 0 Å². The van der Waals surface area contributed by atoms with Gasteiger partial charge in [-0.1, -0.05) is 12.8 Å². The summed E-state index contributed by atoms with van der Waals surface area (Å²) in [5.41, 5.74) is 0.0662. The molecule has 1 fully saturated rings. The van der Waals surface area contributed by atoms with Gasteiger partial charge in [-0.15, -0.1) is 0 Å². The second-order valence-corrected chi connectivity index (χ2v) is 11.4. The van der Waals surface area contributed by atoms with E-state index in [1.807, 2.05) is 11.8 Å². The van der Waals surface area contributed by atoms with Crippen LogP contribution in [0.15, 0.2) is 0 Å². The van der Waals surface area contributed by atoms with Crippen LogP contribution in [0.4, 0.5) is 0 Å². The van der Waals surface area contributed by atoms with Gasteiger partial charge < -0.3 is 0 Å². The molecule has 0 amide bonds. The summed E-state index contributed by atoms with van der Waals surface area (Å²) in [6.07, 6.45) is 7.35. The zero-order valence-electron chi connectivity index (χ0n) is 9.62. The Morgan fingerprint density at radius 3 is 2.57 bits per heavy atom. The van der Waals surface area contributed by atoms with Crippen LogP contribution in [0, 0.1) is 0 Å². The molecule has 1 rings (SSSR count). The van der Waals surface area contributed by atoms with Gasteiger partial charge in [0.1, 0.15) is 5.60 Å². The molecule has 1 aliphatic carbocycles. The van der Waals surface area contributed by atoms with Gasteiger partial charge in [-0.2, -0.15) is 11.8 Å². The van der Waals surface area contributed by atoms with Crippen molar-refractivity contribution >= 4 is 30.7 Å². The normalized spacial score (nSPS) is 34.5. The Labute approximate surface area is 98.3 Å². The lowest BCUT2D eigenvalue weighted by atomic mass is 9.86. The molecule has 0 aromatic carbocycles. The van der Waals surface area contributed by atoms with Gasteiger partial charge in [-0.3, -0.25) is 0 Å². The molecule has 0 bridgehead atoms. The highest BCUT2D eigenvalue weighted by Crippen LogP contribution is 2.62. The highest BCUT2D eigenvalue weighted by Gasteiger charge is 2.44. The number of hydrogen-bond acceptors (Lipinski definition) is 3. The van der Waals surface area contributed by atoms with Crippen LogP contribution in [0.2, 0.25) is 0 Å². The van der Waals surface area contributed by atoms with Gasteiger partial charge in [0.25, 0.3) is 0 Å². The molecular formula is C10H22OPS2+. The Morgan fingerprint density at radius 2 is 2.07 bits per heavy atom. The van der Waals surface area contributed by atoms with Crippen LogP contribution in [0.25, 0.3) is 0 Å². The molecule has 0 N–H and O–H groups in total. The number of thioether (sulfide) groups is 1. The lowest BCUT2D eigenvalue weighted by molar-refractivity contribution is 0.0692. The monoisotopic (exact) mass is 253 g/mol. The first-order chi connectivity index (χ1) is 6.37. The fourth-order valence-corrected chi connectivity index (χ4v) is 5.19. The second kappa shape index (κ2) is 4.95. The van der Waals surface area contributed by atoms with Crippen molar-refractivity contribution in [2.45, 2.75) is 43.5 Å². The zero-order chi connectivity index (χ0) is 10.8. The lowest BCUT2D eigenvalue weighted by Crippen LogP contribution is -2.42. The van der Waals surface area contributed by atoms with Gasteiger partial charge in [-0.25, -0.2) is 4.52 Å². The van der Waals surface area contributed by atoms with E-state index in [1.165, 1.54) is 25.7 Å². The molecule has 0 radical (unpaired) electrons. The molecule has 0 aromatic heterocycles. The Bertz CT molecular complexity index is 193. The van der Waals surface area contributed by atoms with Gasteiger partial charge >= 0.3 is 0 Å². The Balaban J connectivity index is 2.67. The predicted molar refractivity (Wildman–Crippen MR) is 73.0 cm³/mol. The summed E-state index contributed by atoms with van der Waals surface area (Å²) in [5.74, 6) is 0. The third-order valence-electron chi connectivity index (χ3n) is 2.79. The summed E-state index contributed by atoms with van der Waals surface area (Å²) >= 11 is 6.53. The van der Waals surface area contributed by atoms with Crippen molar-refractivity contribution in [3.05, 3.63) is 0 Å². The SMILES string of the molecule is CSC1CCCCC1(C)O[P+](C)(C)S. The van der Waals surface area contributed by atoms with Crippen LogP contribution in [0.5, 0.6) is 0 Å². The standard InChI is InChI=1S/C10H22OPS2/c1-10(11-12(2,3)13)8-6-5-7-9(10)14-4/h9,13H,5-8H2,1-4H3/q+1. The first-order valence-electron chi connectivity index (χ1n) is 5.18. The maximum atomic E-state index is 6.22. The quantitative estimate of drug-likeness (QED) is 0.599. The molecule has 0 aliphatic heterocycles. The molecule has 0 saturated heterocycles. The summed E-state index contributed by atoms with van der Waals surface area (Å²) < 4.78 is 6.22. The first kappa shape index (κ1) is 13.2. The topological polar surface area (TPSA) is 9.23 Å². The van der Waals surface area contributed by atoms with Gasteiger partial charge in [0.2, 0.25) is 0 Å². The van der Waals surface area contributed by atoms with E-state index in [2.05, 4.69) is 38.8 Å². The molecule has 14 heavy (non-hydrogen) atoms. The van der Waals surface area contributed by atoms with Crippen LogP contribution in [-0.4, -0.2) is 30.4 Å². The van der Waals surface area contributed by atoms with Gasteiger partial charge in [-0.05, 0) is 26.0 Å². The number of thiol groups is 1. The average Bonchev–Trinajstić information content (AvgIpc) is 2.01. The maximum absolute atomic E-state index is 6.22. The molecule has 0 spiro atoms. The Morgan fingerprint density at radius 1 is 1.43 bits per heavy atom. The molecule has 0 heterocycles. The Kier molecular flexibility index (Phi) is 4.65. The van der Waals surface area contributed by atoms with Gasteiger partial charge in [0.15, 0.2) is 6.69 Å². The van der Waals surface area contributed by atoms with Crippen LogP contribution in [-0.2, 0) is 4.52 Å². The van der Waals surface area contributed by atoms with Crippen molar-refractivity contribution in [2.75, 3.05) is 19.6 Å². The van der Waals surface area contributed by atoms with E-state index >= 15 is 0 Å². The van der Waals surface area contributed by atoms with Crippen molar-refractivity contribution in [1.82, 2.24) is 0 Å². The van der Waals surface area contributed by atoms with Gasteiger partial charge in [0.05, 0.1) is 13.3 Å². The van der Waals surface area contributed by atoms with Crippen molar-refractivity contribution in [1.29, 1.82) is 0 Å². The van der Waals surface area contributed by atoms with Crippen LogP contribution >= 0.6 is 30.7 Å². The van der Waals surface area contributed by atoms with E-state index in [4.69, 9.17) is 4.52 Å². The summed E-state index contributed by atoms with van der Waals surface area (Å²) in [5, 5.41) is 0.655. The molecular weight excluding hydrogens is 231 g/mol. The van der Waals surface area contributed by atoms with Gasteiger partial charge in [0, 0.05) is 17.5 Å². The molecule has 0 aromatic rings. The second-order valence-electron chi connectivity index (χ2n) is 4.67. The number of rotatable bonds is 3. The maximum Gasteiger partial charge on any atom is 0.195 e. The van der Waals surface area contributed by atoms with E-state index in [1.54, 1.807) is 0 Å². The molecule has 1 saturated carbocycles. The Hall–Kier alpha value is 1.09. The van der Waals surface area contributed by atoms with E-state index in [0.717, 1.165) is 0 Å². The fourth-order valence-electron chi connectivity index (χ4n) is 2.25. The number of hydrogen-bond donors (Lipinski definition) is 1. The minimum Gasteiger partial charge on any atom is -0.220 e. The zero-order valence-corrected chi connectivity index (χ0v) is 12.2. The highest BCUT2D eigenvalue weighted by molar-refractivity contribution is 8.50. The van der Waals surface area contributed by atoms with Crippen molar-refractivity contribution in [3.63, 3.8) is 0 Å². The van der Waals surface area contributed by atoms with Crippen molar-refractivity contribution in [2.24, 2.45) is 0 Å².